The van der Waals surface area contributed by atoms with Crippen LogP contribution in [0.5, 0.6) is 11.5 Å². The Hall–Kier alpha value is -7.27. The van der Waals surface area contributed by atoms with E-state index in [1.54, 1.807) is 6.21 Å². The predicted molar refractivity (Wildman–Crippen MR) is 313 cm³/mol. The molecular formula is C68H66N4O2Pt. The fourth-order valence-electron chi connectivity index (χ4n) is 10.6. The van der Waals surface area contributed by atoms with Gasteiger partial charge in [0.25, 0.3) is 0 Å². The molecule has 0 saturated heterocycles. The molecule has 0 radical (unpaired) electrons. The van der Waals surface area contributed by atoms with Crippen molar-refractivity contribution in [2.75, 3.05) is 0 Å². The first kappa shape index (κ1) is 51.2. The molecule has 7 heteroatoms. The van der Waals surface area contributed by atoms with Crippen molar-refractivity contribution in [2.45, 2.75) is 105 Å². The Morgan fingerprint density at radius 2 is 0.893 bits per heavy atom. The number of aliphatic imine (C=N–C) groups is 1. The maximum absolute atomic E-state index is 12.1. The van der Waals surface area contributed by atoms with Gasteiger partial charge in [-0.3, -0.25) is 4.99 Å². The van der Waals surface area contributed by atoms with Crippen LogP contribution in [0.25, 0.3) is 88.1 Å². The number of aromatic nitrogens is 3. The van der Waals surface area contributed by atoms with Crippen LogP contribution >= 0.6 is 0 Å². The number of benzene rings is 8. The van der Waals surface area contributed by atoms with Gasteiger partial charge in [0.2, 0.25) is 0 Å². The smallest absolute Gasteiger partial charge is 0.127 e. The van der Waals surface area contributed by atoms with Gasteiger partial charge in [-0.15, -0.1) is 0 Å². The summed E-state index contributed by atoms with van der Waals surface area (Å²) in [5, 5.41) is 30.4. The Morgan fingerprint density at radius 1 is 0.427 bits per heavy atom. The van der Waals surface area contributed by atoms with Crippen LogP contribution in [-0.2, 0) is 42.7 Å². The molecule has 0 aliphatic rings. The largest absolute Gasteiger partial charge is 0.507 e. The summed E-state index contributed by atoms with van der Waals surface area (Å²) >= 11 is 0. The van der Waals surface area contributed by atoms with Crippen LogP contribution in [0.15, 0.2) is 169 Å². The van der Waals surface area contributed by atoms with Gasteiger partial charge in [0.1, 0.15) is 11.5 Å². The molecule has 3 heterocycles. The monoisotopic (exact) mass is 1170 g/mol. The molecule has 8 aromatic carbocycles. The molecule has 11 rings (SSSR count). The van der Waals surface area contributed by atoms with E-state index in [1.807, 2.05) is 66.7 Å². The van der Waals surface area contributed by atoms with Gasteiger partial charge in [0.15, 0.2) is 0 Å². The summed E-state index contributed by atoms with van der Waals surface area (Å²) in [6.07, 6.45) is 1.76. The predicted octanol–water partition coefficient (Wildman–Crippen LogP) is 18.1. The summed E-state index contributed by atoms with van der Waals surface area (Å²) in [5.41, 5.74) is 15.5. The van der Waals surface area contributed by atoms with Crippen LogP contribution in [0, 0.1) is 0 Å². The zero-order chi connectivity index (χ0) is 52.2. The number of phenolic OH excluding ortho intramolecular Hbond substituents is 2. The topological polar surface area (TPSA) is 75.6 Å². The second-order valence-electron chi connectivity index (χ2n) is 24.4. The van der Waals surface area contributed by atoms with E-state index in [0.29, 0.717) is 28.0 Å². The Labute approximate surface area is 455 Å². The first-order chi connectivity index (χ1) is 35.0. The van der Waals surface area contributed by atoms with Crippen molar-refractivity contribution < 1.29 is 31.3 Å². The third-order valence-corrected chi connectivity index (χ3v) is 15.0. The van der Waals surface area contributed by atoms with Crippen LogP contribution in [-0.4, -0.2) is 30.5 Å². The molecule has 6 nitrogen and oxygen atoms in total. The molecule has 0 unspecified atom stereocenters. The molecule has 0 saturated carbocycles. The van der Waals surface area contributed by atoms with Crippen LogP contribution in [0.1, 0.15) is 111 Å². The minimum absolute atomic E-state index is 0. The van der Waals surface area contributed by atoms with Crippen molar-refractivity contribution >= 4 is 66.3 Å². The van der Waals surface area contributed by atoms with E-state index in [-0.39, 0.29) is 54.2 Å². The van der Waals surface area contributed by atoms with Crippen molar-refractivity contribution in [3.05, 3.63) is 192 Å². The number of pyridine rings is 1. The molecule has 3 aromatic heterocycles. The number of fused-ring (bicyclic) bond motifs is 7. The molecule has 0 aliphatic carbocycles. The van der Waals surface area contributed by atoms with E-state index in [9.17, 15) is 10.2 Å². The fraction of sp³-hybridized carbons (Fsp3) is 0.235. The van der Waals surface area contributed by atoms with Gasteiger partial charge in [0, 0.05) is 71.4 Å². The summed E-state index contributed by atoms with van der Waals surface area (Å²) in [5.74, 6) is 0.264. The van der Waals surface area contributed by atoms with Gasteiger partial charge in [-0.1, -0.05) is 150 Å². The van der Waals surface area contributed by atoms with E-state index in [0.717, 1.165) is 50.0 Å². The van der Waals surface area contributed by atoms with Crippen molar-refractivity contribution in [1.82, 2.24) is 14.1 Å². The van der Waals surface area contributed by atoms with Gasteiger partial charge in [-0.25, -0.2) is 4.98 Å². The molecule has 0 bridgehead atoms. The average Bonchev–Trinajstić information content (AvgIpc) is 3.89. The van der Waals surface area contributed by atoms with Gasteiger partial charge < -0.3 is 19.3 Å². The molecule has 2 N–H and O–H groups in total. The summed E-state index contributed by atoms with van der Waals surface area (Å²) in [6.45, 7) is 27.0. The Bertz CT molecular complexity index is 3930. The third-order valence-electron chi connectivity index (χ3n) is 15.0. The second-order valence-corrected chi connectivity index (χ2v) is 24.4. The number of aromatic hydroxyl groups is 2. The molecule has 0 fully saturated rings. The van der Waals surface area contributed by atoms with E-state index in [2.05, 4.69) is 189 Å². The standard InChI is InChI=1S/C68H66N4O2.Pt/c1-65(2,3)44-21-27-58-52(34-44)53-35-45(66(4,5)6)22-28-59(53)71(58)49-25-26-51(62(73)38-49)57-33-43(41-17-14-13-15-18-41)31-48(70-57)40-69-56-20-16-19-42-32-50(39-63(74)64(42)56)72-60-29-23-46(67(7,8)9)36-54(60)55-37-47(68(10,11)12)24-30-61(55)72;/h13-40,73-74H,1-12H3;. The summed E-state index contributed by atoms with van der Waals surface area (Å²) in [4.78, 5) is 10.2. The Morgan fingerprint density at radius 3 is 1.36 bits per heavy atom. The molecule has 380 valence electrons. The summed E-state index contributed by atoms with van der Waals surface area (Å²) < 4.78 is 4.53. The van der Waals surface area contributed by atoms with E-state index >= 15 is 0 Å². The number of nitrogens with zero attached hydrogens (tertiary/aromatic N) is 4. The van der Waals surface area contributed by atoms with E-state index in [4.69, 9.17) is 9.98 Å². The minimum Gasteiger partial charge on any atom is -0.507 e. The molecular weight excluding hydrogens is 1100 g/mol. The first-order valence-electron chi connectivity index (χ1n) is 25.9. The molecule has 75 heavy (non-hydrogen) atoms. The maximum atomic E-state index is 12.1. The number of phenols is 2. The quantitative estimate of drug-likeness (QED) is 0.163. The van der Waals surface area contributed by atoms with Crippen molar-refractivity contribution in [3.8, 4) is 45.3 Å². The van der Waals surface area contributed by atoms with E-state index < -0.39 is 0 Å². The zero-order valence-electron chi connectivity index (χ0n) is 45.2. The van der Waals surface area contributed by atoms with Gasteiger partial charge in [-0.05, 0) is 145 Å². The number of rotatable bonds is 6. The van der Waals surface area contributed by atoms with Crippen molar-refractivity contribution in [3.63, 3.8) is 0 Å². The summed E-state index contributed by atoms with van der Waals surface area (Å²) in [7, 11) is 0. The average molecular weight is 1170 g/mol. The molecule has 0 spiro atoms. The first-order valence-corrected chi connectivity index (χ1v) is 25.9. The van der Waals surface area contributed by atoms with Crippen LogP contribution < -0.4 is 0 Å². The maximum Gasteiger partial charge on any atom is 0.127 e. The van der Waals surface area contributed by atoms with Crippen LogP contribution in [0.2, 0.25) is 0 Å². The summed E-state index contributed by atoms with van der Waals surface area (Å²) in [6, 6.07) is 57.3. The molecule has 0 amide bonds. The number of hydrogen-bond acceptors (Lipinski definition) is 4. The SMILES string of the molecule is CC(C)(C)c1ccc2c(c1)c1cc(C(C)(C)C)ccc1n2-c1ccc(-c2cc(-c3ccccc3)cc(C=Nc3cccc4cc(-n5c6ccc(C(C)(C)C)cc6c6cc(C(C)(C)C)ccc65)cc(O)c34)n2)c(O)c1.[Pt]. The molecule has 0 aliphatic heterocycles. The van der Waals surface area contributed by atoms with Crippen LogP contribution in [0.4, 0.5) is 5.69 Å². The second kappa shape index (κ2) is 18.5. The van der Waals surface area contributed by atoms with Crippen molar-refractivity contribution in [2.24, 2.45) is 4.99 Å². The Kier molecular flexibility index (Phi) is 12.7. The minimum atomic E-state index is -0.0141. The molecule has 11 aromatic rings. The van der Waals surface area contributed by atoms with E-state index in [1.165, 1.54) is 43.8 Å². The zero-order valence-corrected chi connectivity index (χ0v) is 47.4. The number of hydrogen-bond donors (Lipinski definition) is 2. The van der Waals surface area contributed by atoms with Gasteiger partial charge >= 0.3 is 0 Å². The normalized spacial score (nSPS) is 12.7. The van der Waals surface area contributed by atoms with Crippen molar-refractivity contribution in [1.29, 1.82) is 0 Å². The third kappa shape index (κ3) is 9.37. The Balaban J connectivity index is 0.00000641. The van der Waals surface area contributed by atoms with Gasteiger partial charge in [0.05, 0.1) is 51.0 Å². The fourth-order valence-corrected chi connectivity index (χ4v) is 10.6. The van der Waals surface area contributed by atoms with Gasteiger partial charge in [-0.2, -0.15) is 0 Å². The van der Waals surface area contributed by atoms with Crippen LogP contribution in [0.3, 0.4) is 0 Å². The molecule has 0 atom stereocenters.